The topological polar surface area (TPSA) is 40.6 Å². The van der Waals surface area contributed by atoms with Crippen molar-refractivity contribution in [2.24, 2.45) is 0 Å². The van der Waals surface area contributed by atoms with Crippen molar-refractivity contribution in [1.29, 1.82) is 0 Å². The molecule has 1 fully saturated rings. The van der Waals surface area contributed by atoms with E-state index < -0.39 is 10.0 Å². The van der Waals surface area contributed by atoms with Gasteiger partial charge in [-0.1, -0.05) is 62.9 Å². The number of anilines is 1. The number of piperazine rings is 1. The molecular weight excluding hydrogens is 543 g/mol. The average Bonchev–Trinajstić information content (AvgIpc) is 2.74. The van der Waals surface area contributed by atoms with Crippen LogP contribution in [0.4, 0.5) is 5.69 Å². The van der Waals surface area contributed by atoms with Crippen LogP contribution in [0, 0.1) is 0 Å². The first kappa shape index (κ1) is 22.9. The number of nitrogens with zero attached hydrogens (tertiary/aromatic N) is 2. The van der Waals surface area contributed by atoms with Crippen LogP contribution in [-0.4, -0.2) is 32.4 Å². The van der Waals surface area contributed by atoms with Crippen molar-refractivity contribution in [3.05, 3.63) is 91.8 Å². The lowest BCUT2D eigenvalue weighted by molar-refractivity contribution is 0.335. The molecule has 1 atom stereocenters. The maximum atomic E-state index is 13.3. The zero-order valence-electron chi connectivity index (χ0n) is 16.2. The van der Waals surface area contributed by atoms with E-state index in [0.717, 1.165) is 15.7 Å². The first-order valence-corrected chi connectivity index (χ1v) is 12.9. The van der Waals surface area contributed by atoms with E-state index in [4.69, 9.17) is 34.8 Å². The van der Waals surface area contributed by atoms with E-state index in [1.54, 1.807) is 48.5 Å². The molecule has 4 rings (SSSR count). The van der Waals surface area contributed by atoms with Crippen molar-refractivity contribution in [2.45, 2.75) is 10.9 Å². The number of rotatable bonds is 4. The molecule has 3 aromatic rings. The van der Waals surface area contributed by atoms with Crippen LogP contribution in [0.25, 0.3) is 0 Å². The van der Waals surface area contributed by atoms with E-state index in [1.807, 2.05) is 18.2 Å². The number of hydrogen-bond acceptors (Lipinski definition) is 3. The first-order chi connectivity index (χ1) is 14.8. The number of benzene rings is 3. The monoisotopic (exact) mass is 558 g/mol. The van der Waals surface area contributed by atoms with Crippen molar-refractivity contribution in [2.75, 3.05) is 24.5 Å². The van der Waals surface area contributed by atoms with E-state index in [1.165, 1.54) is 4.31 Å². The van der Waals surface area contributed by atoms with Crippen LogP contribution in [0.3, 0.4) is 0 Å². The Morgan fingerprint density at radius 1 is 0.839 bits per heavy atom. The Morgan fingerprint density at radius 3 is 2.13 bits per heavy atom. The summed E-state index contributed by atoms with van der Waals surface area (Å²) >= 11 is 22.0. The lowest BCUT2D eigenvalue weighted by Gasteiger charge is -2.42. The highest BCUT2D eigenvalue weighted by atomic mass is 79.9. The van der Waals surface area contributed by atoms with Gasteiger partial charge in [-0.3, -0.25) is 0 Å². The van der Waals surface area contributed by atoms with Crippen LogP contribution in [0.2, 0.25) is 15.1 Å². The van der Waals surface area contributed by atoms with Crippen LogP contribution in [0.15, 0.2) is 76.1 Å². The molecule has 3 aromatic carbocycles. The molecule has 0 radical (unpaired) electrons. The third kappa shape index (κ3) is 4.90. The third-order valence-electron chi connectivity index (χ3n) is 5.27. The smallest absolute Gasteiger partial charge is 0.243 e. The van der Waals surface area contributed by atoms with Crippen LogP contribution in [0.1, 0.15) is 11.6 Å². The number of hydrogen-bond donors (Lipinski definition) is 0. The summed E-state index contributed by atoms with van der Waals surface area (Å²) in [5, 5.41) is 1.69. The maximum absolute atomic E-state index is 13.3. The third-order valence-corrected chi connectivity index (χ3v) is 8.47. The molecule has 162 valence electrons. The van der Waals surface area contributed by atoms with Crippen molar-refractivity contribution < 1.29 is 8.42 Å². The lowest BCUT2D eigenvalue weighted by Crippen LogP contribution is -2.50. The molecule has 0 spiro atoms. The van der Waals surface area contributed by atoms with E-state index >= 15 is 0 Å². The molecule has 31 heavy (non-hydrogen) atoms. The van der Waals surface area contributed by atoms with Crippen molar-refractivity contribution in [3.8, 4) is 0 Å². The molecule has 1 unspecified atom stereocenters. The summed E-state index contributed by atoms with van der Waals surface area (Å²) in [4.78, 5) is 2.39. The van der Waals surface area contributed by atoms with Crippen molar-refractivity contribution in [3.63, 3.8) is 0 Å². The Hall–Kier alpha value is -1.28. The summed E-state index contributed by atoms with van der Waals surface area (Å²) < 4.78 is 29.0. The minimum absolute atomic E-state index is 0.241. The van der Waals surface area contributed by atoms with Gasteiger partial charge in [0.1, 0.15) is 0 Å². The summed E-state index contributed by atoms with van der Waals surface area (Å²) in [6.07, 6.45) is 0. The second kappa shape index (κ2) is 9.30. The summed E-state index contributed by atoms with van der Waals surface area (Å²) in [7, 11) is -3.64. The number of halogens is 4. The number of sulfonamides is 1. The van der Waals surface area contributed by atoms with Gasteiger partial charge in [-0.2, -0.15) is 4.31 Å². The van der Waals surface area contributed by atoms with Gasteiger partial charge >= 0.3 is 0 Å². The van der Waals surface area contributed by atoms with Crippen LogP contribution in [0.5, 0.6) is 0 Å². The Labute approximate surface area is 205 Å². The molecule has 9 heteroatoms. The van der Waals surface area contributed by atoms with E-state index in [-0.39, 0.29) is 17.5 Å². The van der Waals surface area contributed by atoms with Gasteiger partial charge in [-0.25, -0.2) is 8.42 Å². The zero-order chi connectivity index (χ0) is 22.2. The first-order valence-electron chi connectivity index (χ1n) is 9.48. The van der Waals surface area contributed by atoms with E-state index in [0.29, 0.717) is 28.2 Å². The van der Waals surface area contributed by atoms with Gasteiger partial charge < -0.3 is 4.90 Å². The Morgan fingerprint density at radius 2 is 1.48 bits per heavy atom. The average molecular weight is 561 g/mol. The fourth-order valence-electron chi connectivity index (χ4n) is 3.70. The SMILES string of the molecule is O=S(=O)(c1ccc(Br)cc1)N1CCN(c2ccc(Cl)cc2Cl)C(c2ccc(Cl)cc2)C1. The highest BCUT2D eigenvalue weighted by Crippen LogP contribution is 2.38. The quantitative estimate of drug-likeness (QED) is 0.358. The molecule has 1 aliphatic heterocycles. The second-order valence-electron chi connectivity index (χ2n) is 7.17. The molecular formula is C22H18BrCl3N2O2S. The lowest BCUT2D eigenvalue weighted by atomic mass is 10.0. The molecule has 4 nitrogen and oxygen atoms in total. The zero-order valence-corrected chi connectivity index (χ0v) is 20.9. The van der Waals surface area contributed by atoms with Gasteiger partial charge in [-0.05, 0) is 60.2 Å². The van der Waals surface area contributed by atoms with Gasteiger partial charge in [0.25, 0.3) is 0 Å². The maximum Gasteiger partial charge on any atom is 0.243 e. The molecule has 0 aromatic heterocycles. The minimum atomic E-state index is -3.64. The summed E-state index contributed by atoms with van der Waals surface area (Å²) in [5.41, 5.74) is 1.76. The Bertz CT molecular complexity index is 1190. The van der Waals surface area contributed by atoms with Gasteiger partial charge in [0.05, 0.1) is 21.6 Å². The normalized spacial score (nSPS) is 17.7. The van der Waals surface area contributed by atoms with Crippen LogP contribution >= 0.6 is 50.7 Å². The van der Waals surface area contributed by atoms with Crippen molar-refractivity contribution in [1.82, 2.24) is 4.31 Å². The van der Waals surface area contributed by atoms with Crippen LogP contribution in [-0.2, 0) is 10.0 Å². The largest absolute Gasteiger partial charge is 0.361 e. The Kier molecular flexibility index (Phi) is 6.87. The van der Waals surface area contributed by atoms with E-state index in [9.17, 15) is 8.42 Å². The predicted octanol–water partition coefficient (Wildman–Crippen LogP) is 6.66. The molecule has 0 aliphatic carbocycles. The molecule has 0 amide bonds. The highest BCUT2D eigenvalue weighted by Gasteiger charge is 2.35. The van der Waals surface area contributed by atoms with Crippen LogP contribution < -0.4 is 4.90 Å². The molecule has 1 aliphatic rings. The van der Waals surface area contributed by atoms with E-state index in [2.05, 4.69) is 20.8 Å². The van der Waals surface area contributed by atoms with Crippen molar-refractivity contribution >= 4 is 66.4 Å². The highest BCUT2D eigenvalue weighted by molar-refractivity contribution is 9.10. The summed E-state index contributed by atoms with van der Waals surface area (Å²) in [6, 6.07) is 19.2. The van der Waals surface area contributed by atoms with Gasteiger partial charge in [0.15, 0.2) is 0 Å². The van der Waals surface area contributed by atoms with Gasteiger partial charge in [-0.15, -0.1) is 0 Å². The minimum Gasteiger partial charge on any atom is -0.361 e. The Balaban J connectivity index is 1.72. The fourth-order valence-corrected chi connectivity index (χ4v) is 6.05. The molecule has 0 N–H and O–H groups in total. The molecule has 0 saturated carbocycles. The summed E-state index contributed by atoms with van der Waals surface area (Å²) in [6.45, 7) is 1.09. The second-order valence-corrected chi connectivity index (χ2v) is 11.3. The van der Waals surface area contributed by atoms with Gasteiger partial charge in [0.2, 0.25) is 10.0 Å². The predicted molar refractivity (Wildman–Crippen MR) is 131 cm³/mol. The summed E-state index contributed by atoms with van der Waals surface area (Å²) in [5.74, 6) is 0. The van der Waals surface area contributed by atoms with Gasteiger partial charge in [0, 0.05) is 34.2 Å². The fraction of sp³-hybridized carbons (Fsp3) is 0.182. The molecule has 0 bridgehead atoms. The standard InChI is InChI=1S/C22H18BrCl3N2O2S/c23-16-3-8-19(9-4-16)31(29,30)27-11-12-28(21-10-7-18(25)13-20(21)26)22(14-27)15-1-5-17(24)6-2-15/h1-10,13,22H,11-12,14H2. The molecule has 1 heterocycles. The molecule has 1 saturated heterocycles.